The Labute approximate surface area is 144 Å². The molecule has 24 heavy (non-hydrogen) atoms. The molecule has 0 atom stereocenters. The Bertz CT molecular complexity index is 717. The second-order valence-corrected chi connectivity index (χ2v) is 7.57. The topological polar surface area (TPSA) is 29.1 Å². The minimum absolute atomic E-state index is 0.0603. The second kappa shape index (κ2) is 6.76. The first-order valence-electron chi connectivity index (χ1n) is 8.24. The van der Waals surface area contributed by atoms with E-state index in [4.69, 9.17) is 0 Å². The number of carbonyl (C=O) groups excluding carboxylic acids is 1. The molecule has 128 valence electrons. The average Bonchev–Trinajstić information content (AvgIpc) is 2.53. The molecule has 0 saturated heterocycles. The second-order valence-electron chi connectivity index (χ2n) is 7.57. The van der Waals surface area contributed by atoms with E-state index in [1.54, 1.807) is 12.1 Å². The molecule has 1 N–H and O–H groups in total. The van der Waals surface area contributed by atoms with Gasteiger partial charge in [0.2, 0.25) is 5.91 Å². The Hall–Kier alpha value is -2.16. The van der Waals surface area contributed by atoms with E-state index in [1.165, 1.54) is 23.3 Å². The maximum atomic E-state index is 13.1. The van der Waals surface area contributed by atoms with Gasteiger partial charge in [-0.2, -0.15) is 0 Å². The van der Waals surface area contributed by atoms with Crippen molar-refractivity contribution in [2.45, 2.75) is 45.4 Å². The van der Waals surface area contributed by atoms with Gasteiger partial charge in [-0.25, -0.2) is 4.39 Å². The Balaban J connectivity index is 2.10. The van der Waals surface area contributed by atoms with Crippen LogP contribution in [-0.4, -0.2) is 12.5 Å². The Kier molecular flexibility index (Phi) is 5.12. The summed E-state index contributed by atoms with van der Waals surface area (Å²) in [5.41, 5.74) is 2.33. The summed E-state index contributed by atoms with van der Waals surface area (Å²) >= 11 is 0. The predicted octanol–water partition coefficient (Wildman–Crippen LogP) is 4.51. The van der Waals surface area contributed by atoms with Gasteiger partial charge in [-0.3, -0.25) is 4.79 Å². The van der Waals surface area contributed by atoms with Gasteiger partial charge in [-0.1, -0.05) is 55.8 Å². The van der Waals surface area contributed by atoms with E-state index < -0.39 is 5.41 Å². The van der Waals surface area contributed by atoms with Crippen LogP contribution in [0.3, 0.4) is 0 Å². The fraction of sp³-hybridized carbons (Fsp3) is 0.381. The molecule has 0 bridgehead atoms. The highest BCUT2D eigenvalue weighted by molar-refractivity contribution is 5.87. The normalized spacial score (nSPS) is 12.1. The summed E-state index contributed by atoms with van der Waals surface area (Å²) in [4.78, 5) is 12.7. The third-order valence-corrected chi connectivity index (χ3v) is 4.62. The van der Waals surface area contributed by atoms with E-state index in [0.29, 0.717) is 6.54 Å². The molecule has 0 radical (unpaired) electrons. The molecule has 3 heteroatoms. The lowest BCUT2D eigenvalue weighted by Crippen LogP contribution is -2.45. The van der Waals surface area contributed by atoms with E-state index >= 15 is 0 Å². The number of benzene rings is 2. The molecule has 1 amide bonds. The minimum atomic E-state index is -0.712. The van der Waals surface area contributed by atoms with Crippen molar-refractivity contribution < 1.29 is 9.18 Å². The van der Waals surface area contributed by atoms with Crippen LogP contribution >= 0.6 is 0 Å². The first-order chi connectivity index (χ1) is 11.1. The van der Waals surface area contributed by atoms with Crippen LogP contribution in [0.2, 0.25) is 0 Å². The lowest BCUT2D eigenvalue weighted by Gasteiger charge is -2.30. The van der Waals surface area contributed by atoms with Crippen LogP contribution in [0.1, 0.15) is 44.4 Å². The monoisotopic (exact) mass is 327 g/mol. The van der Waals surface area contributed by atoms with E-state index in [0.717, 1.165) is 5.56 Å². The van der Waals surface area contributed by atoms with Crippen molar-refractivity contribution in [1.82, 2.24) is 5.32 Å². The minimum Gasteiger partial charge on any atom is -0.354 e. The molecule has 0 aliphatic rings. The smallest absolute Gasteiger partial charge is 0.230 e. The van der Waals surface area contributed by atoms with Crippen LogP contribution in [0.15, 0.2) is 48.5 Å². The van der Waals surface area contributed by atoms with Gasteiger partial charge in [-0.05, 0) is 44.0 Å². The van der Waals surface area contributed by atoms with Gasteiger partial charge < -0.3 is 5.32 Å². The fourth-order valence-corrected chi connectivity index (χ4v) is 2.69. The molecule has 0 aliphatic heterocycles. The molecule has 0 fully saturated rings. The van der Waals surface area contributed by atoms with Gasteiger partial charge in [0.05, 0.1) is 5.41 Å². The Morgan fingerprint density at radius 2 is 1.62 bits per heavy atom. The third kappa shape index (κ3) is 4.02. The summed E-state index contributed by atoms with van der Waals surface area (Å²) in [5.74, 6) is -0.356. The molecular weight excluding hydrogens is 301 g/mol. The van der Waals surface area contributed by atoms with Gasteiger partial charge in [0.25, 0.3) is 0 Å². The van der Waals surface area contributed by atoms with E-state index in [1.807, 2.05) is 19.9 Å². The summed E-state index contributed by atoms with van der Waals surface area (Å²) in [5, 5.41) is 3.06. The number of hydrogen-bond acceptors (Lipinski definition) is 1. The SMILES string of the molecule is Cc1cccc(C(C)(C)CNC(=O)C(C)(C)c2ccc(F)cc2)c1. The first kappa shape index (κ1) is 18.2. The molecule has 2 aromatic carbocycles. The summed E-state index contributed by atoms with van der Waals surface area (Å²) < 4.78 is 13.1. The number of carbonyl (C=O) groups is 1. The quantitative estimate of drug-likeness (QED) is 0.860. The van der Waals surface area contributed by atoms with Crippen molar-refractivity contribution in [2.75, 3.05) is 6.54 Å². The van der Waals surface area contributed by atoms with Gasteiger partial charge in [0.15, 0.2) is 0 Å². The number of nitrogens with one attached hydrogen (secondary N) is 1. The summed E-state index contributed by atoms with van der Waals surface area (Å²) in [6.45, 7) is 10.6. The standard InChI is InChI=1S/C21H26FNO/c1-15-7-6-8-17(13-15)20(2,3)14-23-19(24)21(4,5)16-9-11-18(22)12-10-16/h6-13H,14H2,1-5H3,(H,23,24). The number of rotatable bonds is 5. The van der Waals surface area contributed by atoms with Crippen molar-refractivity contribution in [3.8, 4) is 0 Å². The molecule has 2 aromatic rings. The molecule has 0 unspecified atom stereocenters. The molecule has 0 aliphatic carbocycles. The zero-order valence-corrected chi connectivity index (χ0v) is 15.1. The van der Waals surface area contributed by atoms with Crippen LogP contribution in [0, 0.1) is 12.7 Å². The molecule has 0 saturated carbocycles. The van der Waals surface area contributed by atoms with Crippen molar-refractivity contribution in [1.29, 1.82) is 0 Å². The largest absolute Gasteiger partial charge is 0.354 e. The van der Waals surface area contributed by atoms with Gasteiger partial charge in [-0.15, -0.1) is 0 Å². The molecule has 0 heterocycles. The zero-order chi connectivity index (χ0) is 18.0. The van der Waals surface area contributed by atoms with Gasteiger partial charge in [0, 0.05) is 12.0 Å². The molecular formula is C21H26FNO. The number of aryl methyl sites for hydroxylation is 1. The highest BCUT2D eigenvalue weighted by Crippen LogP contribution is 2.26. The summed E-state index contributed by atoms with van der Waals surface area (Å²) in [6, 6.07) is 14.5. The van der Waals surface area contributed by atoms with Crippen LogP contribution < -0.4 is 5.32 Å². The molecule has 0 aromatic heterocycles. The third-order valence-electron chi connectivity index (χ3n) is 4.62. The lowest BCUT2D eigenvalue weighted by molar-refractivity contribution is -0.125. The maximum absolute atomic E-state index is 13.1. The lowest BCUT2D eigenvalue weighted by atomic mass is 9.81. The molecule has 2 nitrogen and oxygen atoms in total. The van der Waals surface area contributed by atoms with Gasteiger partial charge >= 0.3 is 0 Å². The molecule has 2 rings (SSSR count). The van der Waals surface area contributed by atoms with Crippen molar-refractivity contribution in [3.05, 3.63) is 71.0 Å². The van der Waals surface area contributed by atoms with Crippen molar-refractivity contribution in [2.24, 2.45) is 0 Å². The fourth-order valence-electron chi connectivity index (χ4n) is 2.69. The maximum Gasteiger partial charge on any atom is 0.230 e. The van der Waals surface area contributed by atoms with Crippen LogP contribution in [0.5, 0.6) is 0 Å². The Morgan fingerprint density at radius 1 is 1.00 bits per heavy atom. The number of halogens is 1. The Morgan fingerprint density at radius 3 is 2.21 bits per heavy atom. The predicted molar refractivity (Wildman–Crippen MR) is 96.6 cm³/mol. The summed E-state index contributed by atoms with van der Waals surface area (Å²) in [7, 11) is 0. The zero-order valence-electron chi connectivity index (χ0n) is 15.1. The highest BCUT2D eigenvalue weighted by Gasteiger charge is 2.31. The number of amides is 1. The van der Waals surface area contributed by atoms with Gasteiger partial charge in [0.1, 0.15) is 5.82 Å². The average molecular weight is 327 g/mol. The van der Waals surface area contributed by atoms with E-state index in [-0.39, 0.29) is 17.1 Å². The van der Waals surface area contributed by atoms with Crippen LogP contribution in [0.25, 0.3) is 0 Å². The van der Waals surface area contributed by atoms with Crippen molar-refractivity contribution in [3.63, 3.8) is 0 Å². The van der Waals surface area contributed by atoms with Crippen LogP contribution in [-0.2, 0) is 15.6 Å². The first-order valence-corrected chi connectivity index (χ1v) is 8.24. The highest BCUT2D eigenvalue weighted by atomic mass is 19.1. The van der Waals surface area contributed by atoms with Crippen LogP contribution in [0.4, 0.5) is 4.39 Å². The van der Waals surface area contributed by atoms with E-state index in [2.05, 4.69) is 44.3 Å². The van der Waals surface area contributed by atoms with Crippen molar-refractivity contribution >= 4 is 5.91 Å². The number of hydrogen-bond donors (Lipinski definition) is 1. The summed E-state index contributed by atoms with van der Waals surface area (Å²) in [6.07, 6.45) is 0. The molecule has 0 spiro atoms. The van der Waals surface area contributed by atoms with E-state index in [9.17, 15) is 9.18 Å².